The molecule has 0 amide bonds. The van der Waals surface area contributed by atoms with E-state index < -0.39 is 5.97 Å². The molecule has 0 aromatic rings. The molecule has 0 N–H and O–H groups in total. The van der Waals surface area contributed by atoms with Crippen LogP contribution in [-0.2, 0) is 9.53 Å². The lowest BCUT2D eigenvalue weighted by Gasteiger charge is -2.13. The molecule has 3 heteroatoms. The predicted octanol–water partition coefficient (Wildman–Crippen LogP) is 1.77. The topological polar surface area (TPSA) is 29.5 Å². The minimum Gasteiger partial charge on any atom is -0.464 e. The van der Waals surface area contributed by atoms with Crippen molar-refractivity contribution in [2.45, 2.75) is 13.8 Å². The molecule has 0 aromatic carbocycles. The Morgan fingerprint density at radius 3 is 2.17 bits per heavy atom. The van der Waals surface area contributed by atoms with Crippen molar-refractivity contribution in [1.29, 1.82) is 0 Å². The van der Waals surface area contributed by atoms with Crippen molar-refractivity contribution < 1.29 is 9.53 Å². The van der Waals surface area contributed by atoms with Crippen LogP contribution in [-0.4, -0.2) is 25.0 Å². The lowest BCUT2D eigenvalue weighted by Crippen LogP contribution is -2.17. The van der Waals surface area contributed by atoms with E-state index in [-0.39, 0.29) is 5.70 Å². The van der Waals surface area contributed by atoms with Crippen molar-refractivity contribution in [3.63, 3.8) is 0 Å². The molecule has 0 saturated heterocycles. The number of rotatable bonds is 3. The molecule has 0 fully saturated rings. The molecule has 12 heavy (non-hydrogen) atoms. The number of likely N-dealkylation sites (N-methyl/N-ethyl adjacent to an activating group) is 1. The molecule has 0 saturated carbocycles. The highest BCUT2D eigenvalue weighted by molar-refractivity contribution is 5.87. The van der Waals surface area contributed by atoms with Crippen LogP contribution in [0.5, 0.6) is 0 Å². The van der Waals surface area contributed by atoms with Gasteiger partial charge < -0.3 is 9.64 Å². The minimum atomic E-state index is -0.442. The van der Waals surface area contributed by atoms with Crippen molar-refractivity contribution >= 4 is 5.97 Å². The van der Waals surface area contributed by atoms with Crippen LogP contribution >= 0.6 is 0 Å². The van der Waals surface area contributed by atoms with Crippen molar-refractivity contribution in [3.8, 4) is 0 Å². The lowest BCUT2D eigenvalue weighted by atomic mass is 10.4. The van der Waals surface area contributed by atoms with E-state index in [2.05, 4.69) is 17.9 Å². The van der Waals surface area contributed by atoms with Crippen LogP contribution in [0.25, 0.3) is 0 Å². The van der Waals surface area contributed by atoms with Gasteiger partial charge in [0.05, 0.1) is 7.11 Å². The maximum absolute atomic E-state index is 10.7. The van der Waals surface area contributed by atoms with Gasteiger partial charge >= 0.3 is 5.97 Å². The summed E-state index contributed by atoms with van der Waals surface area (Å²) in [6, 6.07) is 0. The summed E-state index contributed by atoms with van der Waals surface area (Å²) in [5, 5.41) is 0. The molecule has 0 aromatic heterocycles. The van der Waals surface area contributed by atoms with Crippen molar-refractivity contribution in [2.24, 2.45) is 0 Å². The second-order valence-corrected chi connectivity index (χ2v) is 1.73. The Morgan fingerprint density at radius 1 is 1.50 bits per heavy atom. The number of hydrogen-bond acceptors (Lipinski definition) is 3. The Balaban J connectivity index is 0. The van der Waals surface area contributed by atoms with E-state index in [9.17, 15) is 4.79 Å². The molecule has 0 aliphatic heterocycles. The third-order valence-corrected chi connectivity index (χ3v) is 1.12. The number of hydrogen-bond donors (Lipinski definition) is 0. The standard InChI is InChI=1S/C7H11NO2.C2H6/c1-5-8(3)6(2)7(9)10-4;1-2/h5H,1-2H2,3-4H3;1-2H3. The fourth-order valence-corrected chi connectivity index (χ4v) is 0.372. The van der Waals surface area contributed by atoms with Gasteiger partial charge in [0.15, 0.2) is 0 Å². The van der Waals surface area contributed by atoms with Gasteiger partial charge in [-0.1, -0.05) is 27.0 Å². The normalized spacial score (nSPS) is 7.33. The van der Waals surface area contributed by atoms with E-state index in [4.69, 9.17) is 0 Å². The molecule has 0 bridgehead atoms. The first-order valence-corrected chi connectivity index (χ1v) is 3.76. The predicted molar refractivity (Wildman–Crippen MR) is 50.5 cm³/mol. The van der Waals surface area contributed by atoms with Gasteiger partial charge in [0.2, 0.25) is 0 Å². The molecule has 0 atom stereocenters. The number of carbonyl (C=O) groups excluding carboxylic acids is 1. The van der Waals surface area contributed by atoms with E-state index in [1.165, 1.54) is 18.2 Å². The molecule has 0 rings (SSSR count). The fourth-order valence-electron chi connectivity index (χ4n) is 0.372. The van der Waals surface area contributed by atoms with Gasteiger partial charge in [-0.3, -0.25) is 0 Å². The van der Waals surface area contributed by atoms with Crippen LogP contribution < -0.4 is 0 Å². The van der Waals surface area contributed by atoms with E-state index in [0.29, 0.717) is 0 Å². The number of nitrogens with zero attached hydrogens (tertiary/aromatic N) is 1. The molecule has 0 unspecified atom stereocenters. The highest BCUT2D eigenvalue weighted by atomic mass is 16.5. The molecular weight excluding hydrogens is 154 g/mol. The Hall–Kier alpha value is -1.25. The molecule has 3 nitrogen and oxygen atoms in total. The summed E-state index contributed by atoms with van der Waals surface area (Å²) >= 11 is 0. The molecule has 0 radical (unpaired) electrons. The summed E-state index contributed by atoms with van der Waals surface area (Å²) in [5.74, 6) is -0.442. The Morgan fingerprint density at radius 2 is 1.92 bits per heavy atom. The second-order valence-electron chi connectivity index (χ2n) is 1.73. The molecule has 0 aliphatic carbocycles. The van der Waals surface area contributed by atoms with E-state index in [0.717, 1.165) is 0 Å². The Labute approximate surface area is 74.3 Å². The number of carbonyl (C=O) groups is 1. The average molecular weight is 171 g/mol. The van der Waals surface area contributed by atoms with Crippen LogP contribution in [0.1, 0.15) is 13.8 Å². The summed E-state index contributed by atoms with van der Waals surface area (Å²) in [4.78, 5) is 12.2. The first kappa shape index (κ1) is 13.3. The van der Waals surface area contributed by atoms with E-state index in [1.54, 1.807) is 7.05 Å². The van der Waals surface area contributed by atoms with Crippen LogP contribution in [0.4, 0.5) is 0 Å². The summed E-state index contributed by atoms with van der Waals surface area (Å²) in [5.41, 5.74) is 0.275. The number of esters is 1. The second kappa shape index (κ2) is 7.85. The third-order valence-electron chi connectivity index (χ3n) is 1.12. The van der Waals surface area contributed by atoms with Gasteiger partial charge in [-0.05, 0) is 6.20 Å². The number of ether oxygens (including phenoxy) is 1. The van der Waals surface area contributed by atoms with E-state index >= 15 is 0 Å². The maximum Gasteiger partial charge on any atom is 0.354 e. The summed E-state index contributed by atoms with van der Waals surface area (Å²) in [7, 11) is 2.98. The first-order valence-electron chi connectivity index (χ1n) is 3.76. The maximum atomic E-state index is 10.7. The van der Waals surface area contributed by atoms with Gasteiger partial charge in [0.1, 0.15) is 5.70 Å². The minimum absolute atomic E-state index is 0.275. The first-order chi connectivity index (χ1) is 5.63. The highest BCUT2D eigenvalue weighted by Crippen LogP contribution is 1.99. The smallest absolute Gasteiger partial charge is 0.354 e. The van der Waals surface area contributed by atoms with Crippen LogP contribution in [0.15, 0.2) is 25.1 Å². The van der Waals surface area contributed by atoms with Crippen LogP contribution in [0.2, 0.25) is 0 Å². The van der Waals surface area contributed by atoms with E-state index in [1.807, 2.05) is 13.8 Å². The monoisotopic (exact) mass is 171 g/mol. The molecular formula is C9H17NO2. The van der Waals surface area contributed by atoms with Crippen molar-refractivity contribution in [1.82, 2.24) is 4.90 Å². The van der Waals surface area contributed by atoms with Crippen LogP contribution in [0.3, 0.4) is 0 Å². The van der Waals surface area contributed by atoms with Gasteiger partial charge in [0, 0.05) is 7.05 Å². The highest BCUT2D eigenvalue weighted by Gasteiger charge is 2.07. The SMILES string of the molecule is C=CN(C)C(=C)C(=O)OC.CC. The van der Waals surface area contributed by atoms with Crippen molar-refractivity contribution in [2.75, 3.05) is 14.2 Å². The molecule has 0 heterocycles. The Kier molecular flexibility index (Phi) is 8.73. The third kappa shape index (κ3) is 4.55. The van der Waals surface area contributed by atoms with Crippen molar-refractivity contribution in [3.05, 3.63) is 25.1 Å². The van der Waals surface area contributed by atoms with Crippen LogP contribution in [0, 0.1) is 0 Å². The number of methoxy groups -OCH3 is 1. The zero-order chi connectivity index (χ0) is 10.1. The largest absolute Gasteiger partial charge is 0.464 e. The quantitative estimate of drug-likeness (QED) is 0.479. The summed E-state index contributed by atoms with van der Waals surface area (Å²) in [6.07, 6.45) is 1.49. The molecule has 70 valence electrons. The average Bonchev–Trinajstić information content (AvgIpc) is 2.17. The van der Waals surface area contributed by atoms with Gasteiger partial charge in [0.25, 0.3) is 0 Å². The lowest BCUT2D eigenvalue weighted by molar-refractivity contribution is -0.137. The molecule has 0 spiro atoms. The fraction of sp³-hybridized carbons (Fsp3) is 0.444. The zero-order valence-corrected chi connectivity index (χ0v) is 8.26. The zero-order valence-electron chi connectivity index (χ0n) is 8.26. The summed E-state index contributed by atoms with van der Waals surface area (Å²) < 4.78 is 4.41. The molecule has 0 aliphatic rings. The Bertz CT molecular complexity index is 164. The summed E-state index contributed by atoms with van der Waals surface area (Å²) in [6.45, 7) is 10.9. The van der Waals surface area contributed by atoms with Gasteiger partial charge in [-0.25, -0.2) is 4.79 Å². The van der Waals surface area contributed by atoms with Gasteiger partial charge in [-0.15, -0.1) is 0 Å². The van der Waals surface area contributed by atoms with Gasteiger partial charge in [-0.2, -0.15) is 0 Å².